The Hall–Kier alpha value is -1.67. The summed E-state index contributed by atoms with van der Waals surface area (Å²) >= 11 is 3.37. The Balaban J connectivity index is 1.95. The molecule has 102 valence electrons. The average Bonchev–Trinajstić information content (AvgIpc) is 2.48. The third-order valence-corrected chi connectivity index (χ3v) is 3.69. The Labute approximate surface area is 128 Å². The molecule has 0 amide bonds. The van der Waals surface area contributed by atoms with Crippen molar-refractivity contribution in [3.8, 4) is 0 Å². The van der Waals surface area contributed by atoms with E-state index in [2.05, 4.69) is 34.1 Å². The summed E-state index contributed by atoms with van der Waals surface area (Å²) in [6.45, 7) is 1.94. The zero-order valence-corrected chi connectivity index (χ0v) is 13.0. The second-order valence-corrected chi connectivity index (χ2v) is 5.69. The number of benzene rings is 2. The van der Waals surface area contributed by atoms with Crippen LogP contribution in [-0.4, -0.2) is 5.78 Å². The molecule has 0 N–H and O–H groups in total. The quantitative estimate of drug-likeness (QED) is 0.553. The number of ketones is 1. The molecular formula is C18H17BrO. The van der Waals surface area contributed by atoms with Gasteiger partial charge < -0.3 is 0 Å². The zero-order chi connectivity index (χ0) is 14.4. The maximum atomic E-state index is 12.2. The summed E-state index contributed by atoms with van der Waals surface area (Å²) in [5, 5.41) is 0. The molecule has 2 aromatic rings. The molecule has 2 aromatic carbocycles. The van der Waals surface area contributed by atoms with E-state index in [0.717, 1.165) is 16.5 Å². The van der Waals surface area contributed by atoms with Crippen molar-refractivity contribution in [1.82, 2.24) is 0 Å². The molecular weight excluding hydrogens is 312 g/mol. The first-order chi connectivity index (χ1) is 9.66. The molecule has 0 spiro atoms. The van der Waals surface area contributed by atoms with E-state index >= 15 is 0 Å². The van der Waals surface area contributed by atoms with Gasteiger partial charge in [-0.3, -0.25) is 4.79 Å². The van der Waals surface area contributed by atoms with Crippen LogP contribution < -0.4 is 0 Å². The Kier molecular flexibility index (Phi) is 5.31. The predicted octanol–water partition coefficient (Wildman–Crippen LogP) is 5.07. The largest absolute Gasteiger partial charge is 0.294 e. The number of halogens is 1. The summed E-state index contributed by atoms with van der Waals surface area (Å²) < 4.78 is 0.987. The van der Waals surface area contributed by atoms with Gasteiger partial charge in [-0.2, -0.15) is 0 Å². The second kappa shape index (κ2) is 7.20. The molecule has 0 aliphatic rings. The third-order valence-electron chi connectivity index (χ3n) is 3.16. The Morgan fingerprint density at radius 2 is 1.75 bits per heavy atom. The van der Waals surface area contributed by atoms with Crippen molar-refractivity contribution in [1.29, 1.82) is 0 Å². The van der Waals surface area contributed by atoms with Crippen molar-refractivity contribution < 1.29 is 4.79 Å². The monoisotopic (exact) mass is 328 g/mol. The normalized spacial score (nSPS) is 12.5. The first-order valence-electron chi connectivity index (χ1n) is 6.67. The molecule has 0 fully saturated rings. The lowest BCUT2D eigenvalue weighted by Crippen LogP contribution is -2.08. The highest BCUT2D eigenvalue weighted by Crippen LogP contribution is 2.15. The molecule has 0 aliphatic heterocycles. The number of allylic oxidation sites excluding steroid dienone is 2. The van der Waals surface area contributed by atoms with Crippen molar-refractivity contribution in [3.05, 3.63) is 82.3 Å². The van der Waals surface area contributed by atoms with Gasteiger partial charge >= 0.3 is 0 Å². The number of carbonyl (C=O) groups is 1. The van der Waals surface area contributed by atoms with E-state index in [-0.39, 0.29) is 11.7 Å². The first-order valence-corrected chi connectivity index (χ1v) is 7.46. The summed E-state index contributed by atoms with van der Waals surface area (Å²) in [6, 6.07) is 17.7. The first kappa shape index (κ1) is 14.7. The summed E-state index contributed by atoms with van der Waals surface area (Å²) in [4.78, 5) is 12.2. The number of Topliss-reactive ketones (excluding diaryl/α,β-unsaturated/α-hetero) is 1. The summed E-state index contributed by atoms with van der Waals surface area (Å²) in [5.41, 5.74) is 2.01. The minimum atomic E-state index is -0.0973. The van der Waals surface area contributed by atoms with Gasteiger partial charge in [0.25, 0.3) is 0 Å². The summed E-state index contributed by atoms with van der Waals surface area (Å²) in [7, 11) is 0. The van der Waals surface area contributed by atoms with Gasteiger partial charge in [0.05, 0.1) is 0 Å². The Morgan fingerprint density at radius 1 is 1.10 bits per heavy atom. The highest BCUT2D eigenvalue weighted by molar-refractivity contribution is 9.10. The minimum absolute atomic E-state index is 0.0973. The fraction of sp³-hybridized carbons (Fsp3) is 0.167. The van der Waals surface area contributed by atoms with Crippen LogP contribution in [0.25, 0.3) is 0 Å². The maximum absolute atomic E-state index is 12.2. The molecule has 0 aromatic heterocycles. The lowest BCUT2D eigenvalue weighted by atomic mass is 9.98. The number of hydrogen-bond donors (Lipinski definition) is 0. The fourth-order valence-corrected chi connectivity index (χ4v) is 2.25. The third kappa shape index (κ3) is 4.17. The van der Waals surface area contributed by atoms with Gasteiger partial charge in [0, 0.05) is 16.0 Å². The highest BCUT2D eigenvalue weighted by Gasteiger charge is 2.11. The van der Waals surface area contributed by atoms with E-state index in [0.29, 0.717) is 0 Å². The van der Waals surface area contributed by atoms with Crippen molar-refractivity contribution in [2.24, 2.45) is 5.92 Å². The molecule has 2 heteroatoms. The van der Waals surface area contributed by atoms with Gasteiger partial charge in [-0.1, -0.05) is 77.5 Å². The van der Waals surface area contributed by atoms with Crippen LogP contribution in [0.1, 0.15) is 22.8 Å². The van der Waals surface area contributed by atoms with E-state index in [9.17, 15) is 4.79 Å². The molecule has 20 heavy (non-hydrogen) atoms. The van der Waals surface area contributed by atoms with Gasteiger partial charge in [0.1, 0.15) is 0 Å². The molecule has 1 atom stereocenters. The molecule has 0 saturated carbocycles. The molecule has 0 aliphatic carbocycles. The van der Waals surface area contributed by atoms with Crippen LogP contribution in [0.2, 0.25) is 0 Å². The predicted molar refractivity (Wildman–Crippen MR) is 86.9 cm³/mol. The average molecular weight is 329 g/mol. The Bertz CT molecular complexity index is 585. The van der Waals surface area contributed by atoms with Gasteiger partial charge in [-0.05, 0) is 24.1 Å². The van der Waals surface area contributed by atoms with Crippen LogP contribution in [-0.2, 0) is 6.42 Å². The molecule has 2 rings (SSSR count). The minimum Gasteiger partial charge on any atom is -0.294 e. The molecule has 0 heterocycles. The van der Waals surface area contributed by atoms with Crippen molar-refractivity contribution in [3.63, 3.8) is 0 Å². The lowest BCUT2D eigenvalue weighted by Gasteiger charge is -2.05. The SMILES string of the molecule is C[C@@H](/C=C/Cc1ccccc1)C(=O)c1ccc(Br)cc1. The maximum Gasteiger partial charge on any atom is 0.169 e. The lowest BCUT2D eigenvalue weighted by molar-refractivity contribution is 0.0953. The van der Waals surface area contributed by atoms with Crippen molar-refractivity contribution in [2.45, 2.75) is 13.3 Å². The van der Waals surface area contributed by atoms with Gasteiger partial charge in [-0.15, -0.1) is 0 Å². The van der Waals surface area contributed by atoms with E-state index in [4.69, 9.17) is 0 Å². The van der Waals surface area contributed by atoms with Crippen LogP contribution in [0, 0.1) is 5.92 Å². The van der Waals surface area contributed by atoms with Gasteiger partial charge in [0.2, 0.25) is 0 Å². The summed E-state index contributed by atoms with van der Waals surface area (Å²) in [5.74, 6) is 0.0571. The molecule has 0 bridgehead atoms. The smallest absolute Gasteiger partial charge is 0.169 e. The van der Waals surface area contributed by atoms with Crippen LogP contribution in [0.4, 0.5) is 0 Å². The van der Waals surface area contributed by atoms with E-state index in [1.807, 2.05) is 55.5 Å². The second-order valence-electron chi connectivity index (χ2n) is 4.78. The van der Waals surface area contributed by atoms with Gasteiger partial charge in [-0.25, -0.2) is 0 Å². The van der Waals surface area contributed by atoms with E-state index < -0.39 is 0 Å². The van der Waals surface area contributed by atoms with Crippen molar-refractivity contribution >= 4 is 21.7 Å². The van der Waals surface area contributed by atoms with Crippen LogP contribution >= 0.6 is 15.9 Å². The number of rotatable bonds is 5. The van der Waals surface area contributed by atoms with Gasteiger partial charge in [0.15, 0.2) is 5.78 Å². The van der Waals surface area contributed by atoms with Crippen LogP contribution in [0.5, 0.6) is 0 Å². The van der Waals surface area contributed by atoms with E-state index in [1.54, 1.807) is 0 Å². The number of carbonyl (C=O) groups excluding carboxylic acids is 1. The molecule has 1 nitrogen and oxygen atoms in total. The summed E-state index contributed by atoms with van der Waals surface area (Å²) in [6.07, 6.45) is 4.91. The topological polar surface area (TPSA) is 17.1 Å². The van der Waals surface area contributed by atoms with Crippen LogP contribution in [0.15, 0.2) is 71.2 Å². The molecule has 0 radical (unpaired) electrons. The van der Waals surface area contributed by atoms with E-state index in [1.165, 1.54) is 5.56 Å². The Morgan fingerprint density at radius 3 is 2.40 bits per heavy atom. The zero-order valence-electron chi connectivity index (χ0n) is 11.4. The number of hydrogen-bond acceptors (Lipinski definition) is 1. The van der Waals surface area contributed by atoms with Crippen LogP contribution in [0.3, 0.4) is 0 Å². The standard InChI is InChI=1S/C18H17BrO/c1-14(6-5-9-15-7-3-2-4-8-15)18(20)16-10-12-17(19)13-11-16/h2-8,10-14H,9H2,1H3/b6-5+/t14-/m0/s1. The highest BCUT2D eigenvalue weighted by atomic mass is 79.9. The van der Waals surface area contributed by atoms with Crippen molar-refractivity contribution in [2.75, 3.05) is 0 Å². The fourth-order valence-electron chi connectivity index (χ4n) is 1.99. The molecule has 0 unspecified atom stereocenters. The molecule has 0 saturated heterocycles.